The molecule has 0 unspecified atom stereocenters. The van der Waals surface area contributed by atoms with E-state index in [1.165, 1.54) is 11.1 Å². The third-order valence-corrected chi connectivity index (χ3v) is 4.33. The SMILES string of the molecule is Cn1cc(Cc2ccccc2)cc1-c1nc2c(C(N)=O)cccc2[nH]1. The number of nitrogens with two attached hydrogens (primary N) is 1. The van der Waals surface area contributed by atoms with Crippen molar-refractivity contribution in [3.05, 3.63) is 77.5 Å². The Morgan fingerprint density at radius 1 is 1.12 bits per heavy atom. The zero-order chi connectivity index (χ0) is 17.4. The first-order valence-corrected chi connectivity index (χ1v) is 8.10. The molecule has 124 valence electrons. The molecule has 0 atom stereocenters. The number of hydrogen-bond donors (Lipinski definition) is 2. The van der Waals surface area contributed by atoms with Crippen molar-refractivity contribution in [2.45, 2.75) is 6.42 Å². The molecule has 0 aliphatic rings. The molecule has 25 heavy (non-hydrogen) atoms. The number of primary amides is 1. The first-order valence-electron chi connectivity index (χ1n) is 8.10. The summed E-state index contributed by atoms with van der Waals surface area (Å²) in [4.78, 5) is 19.5. The van der Waals surface area contributed by atoms with E-state index < -0.39 is 5.91 Å². The normalized spacial score (nSPS) is 11.1. The number of carbonyl (C=O) groups excluding carboxylic acids is 1. The Hall–Kier alpha value is -3.34. The fourth-order valence-electron chi connectivity index (χ4n) is 3.15. The molecule has 0 radical (unpaired) electrons. The predicted octanol–water partition coefficient (Wildman–Crippen LogP) is 3.26. The van der Waals surface area contributed by atoms with Gasteiger partial charge in [0.25, 0.3) is 5.91 Å². The summed E-state index contributed by atoms with van der Waals surface area (Å²) in [6.45, 7) is 0. The molecule has 5 heteroatoms. The quantitative estimate of drug-likeness (QED) is 0.602. The van der Waals surface area contributed by atoms with Gasteiger partial charge in [0, 0.05) is 13.2 Å². The highest BCUT2D eigenvalue weighted by Gasteiger charge is 2.14. The number of aryl methyl sites for hydroxylation is 1. The number of para-hydroxylation sites is 1. The van der Waals surface area contributed by atoms with E-state index in [4.69, 9.17) is 5.73 Å². The van der Waals surface area contributed by atoms with Gasteiger partial charge in [0.2, 0.25) is 0 Å². The van der Waals surface area contributed by atoms with Crippen molar-refractivity contribution in [3.8, 4) is 11.5 Å². The molecule has 0 spiro atoms. The number of H-pyrrole nitrogens is 1. The second-order valence-electron chi connectivity index (χ2n) is 6.16. The molecule has 2 aromatic carbocycles. The molecule has 5 nitrogen and oxygen atoms in total. The summed E-state index contributed by atoms with van der Waals surface area (Å²) in [5.41, 5.74) is 10.7. The number of imidazole rings is 1. The number of fused-ring (bicyclic) bond motifs is 1. The van der Waals surface area contributed by atoms with Crippen LogP contribution in [0.1, 0.15) is 21.5 Å². The average molecular weight is 330 g/mol. The van der Waals surface area contributed by atoms with E-state index in [-0.39, 0.29) is 0 Å². The Balaban J connectivity index is 1.74. The lowest BCUT2D eigenvalue weighted by atomic mass is 10.1. The van der Waals surface area contributed by atoms with Crippen LogP contribution in [0.15, 0.2) is 60.8 Å². The highest BCUT2D eigenvalue weighted by Crippen LogP contribution is 2.25. The third kappa shape index (κ3) is 2.80. The van der Waals surface area contributed by atoms with Gasteiger partial charge < -0.3 is 15.3 Å². The molecule has 3 N–H and O–H groups in total. The highest BCUT2D eigenvalue weighted by atomic mass is 16.1. The molecule has 2 aromatic heterocycles. The minimum absolute atomic E-state index is 0.429. The van der Waals surface area contributed by atoms with Crippen molar-refractivity contribution in [1.29, 1.82) is 0 Å². The van der Waals surface area contributed by atoms with Gasteiger partial charge in [0.15, 0.2) is 5.82 Å². The number of nitrogens with zero attached hydrogens (tertiary/aromatic N) is 2. The summed E-state index contributed by atoms with van der Waals surface area (Å²) in [5.74, 6) is 0.255. The molecule has 0 bridgehead atoms. The summed E-state index contributed by atoms with van der Waals surface area (Å²) >= 11 is 0. The largest absolute Gasteiger partial charge is 0.366 e. The van der Waals surface area contributed by atoms with Gasteiger partial charge in [-0.3, -0.25) is 4.79 Å². The molecule has 0 fully saturated rings. The number of carbonyl (C=O) groups is 1. The van der Waals surface area contributed by atoms with Crippen LogP contribution in [-0.2, 0) is 13.5 Å². The standard InChI is InChI=1S/C20H18N4O/c1-24-12-14(10-13-6-3-2-4-7-13)11-17(24)20-22-16-9-5-8-15(19(21)25)18(16)23-20/h2-9,11-12H,10H2,1H3,(H2,21,25)(H,22,23). The van der Waals surface area contributed by atoms with Gasteiger partial charge in [-0.25, -0.2) is 4.98 Å². The van der Waals surface area contributed by atoms with E-state index in [1.54, 1.807) is 12.1 Å². The van der Waals surface area contributed by atoms with E-state index in [9.17, 15) is 4.79 Å². The van der Waals surface area contributed by atoms with Crippen LogP contribution in [0.5, 0.6) is 0 Å². The monoisotopic (exact) mass is 330 g/mol. The van der Waals surface area contributed by atoms with Gasteiger partial charge in [0.1, 0.15) is 5.52 Å². The van der Waals surface area contributed by atoms with Crippen molar-refractivity contribution in [2.75, 3.05) is 0 Å². The summed E-state index contributed by atoms with van der Waals surface area (Å²) in [5, 5.41) is 0. The van der Waals surface area contributed by atoms with E-state index in [0.29, 0.717) is 11.1 Å². The minimum atomic E-state index is -0.472. The van der Waals surface area contributed by atoms with Crippen LogP contribution in [0.3, 0.4) is 0 Å². The number of nitrogens with one attached hydrogen (secondary N) is 1. The zero-order valence-corrected chi connectivity index (χ0v) is 13.9. The zero-order valence-electron chi connectivity index (χ0n) is 13.9. The smallest absolute Gasteiger partial charge is 0.250 e. The van der Waals surface area contributed by atoms with Crippen LogP contribution in [0.2, 0.25) is 0 Å². The number of aromatic amines is 1. The summed E-state index contributed by atoms with van der Waals surface area (Å²) in [6.07, 6.45) is 2.96. The second kappa shape index (κ2) is 5.94. The molecule has 0 aliphatic heterocycles. The maximum absolute atomic E-state index is 11.6. The molecule has 0 aliphatic carbocycles. The fourth-order valence-corrected chi connectivity index (χ4v) is 3.15. The van der Waals surface area contributed by atoms with Crippen LogP contribution in [0.4, 0.5) is 0 Å². The lowest BCUT2D eigenvalue weighted by Crippen LogP contribution is -2.11. The first kappa shape index (κ1) is 15.2. The van der Waals surface area contributed by atoms with E-state index in [2.05, 4.69) is 34.4 Å². The number of benzene rings is 2. The summed E-state index contributed by atoms with van der Waals surface area (Å²) < 4.78 is 2.04. The molecular formula is C20H18N4O. The number of aromatic nitrogens is 3. The topological polar surface area (TPSA) is 76.7 Å². The molecule has 0 saturated heterocycles. The predicted molar refractivity (Wildman–Crippen MR) is 98.3 cm³/mol. The molecule has 2 heterocycles. The van der Waals surface area contributed by atoms with Crippen molar-refractivity contribution in [2.24, 2.45) is 12.8 Å². The first-order chi connectivity index (χ1) is 12.1. The molecular weight excluding hydrogens is 312 g/mol. The number of amides is 1. The minimum Gasteiger partial charge on any atom is -0.366 e. The van der Waals surface area contributed by atoms with Crippen molar-refractivity contribution in [1.82, 2.24) is 14.5 Å². The van der Waals surface area contributed by atoms with Gasteiger partial charge >= 0.3 is 0 Å². The summed E-state index contributed by atoms with van der Waals surface area (Å²) in [6, 6.07) is 17.9. The van der Waals surface area contributed by atoms with Gasteiger partial charge in [0.05, 0.1) is 16.8 Å². The number of hydrogen-bond acceptors (Lipinski definition) is 2. The van der Waals surface area contributed by atoms with Crippen LogP contribution in [0, 0.1) is 0 Å². The van der Waals surface area contributed by atoms with Crippen LogP contribution in [-0.4, -0.2) is 20.4 Å². The fraction of sp³-hybridized carbons (Fsp3) is 0.100. The van der Waals surface area contributed by atoms with Crippen molar-refractivity contribution < 1.29 is 4.79 Å². The van der Waals surface area contributed by atoms with Gasteiger partial charge in [-0.05, 0) is 35.7 Å². The Morgan fingerprint density at radius 3 is 2.68 bits per heavy atom. The Labute approximate surface area is 145 Å². The summed E-state index contributed by atoms with van der Waals surface area (Å²) in [7, 11) is 1.99. The van der Waals surface area contributed by atoms with E-state index in [1.807, 2.05) is 35.9 Å². The molecule has 4 aromatic rings. The lowest BCUT2D eigenvalue weighted by molar-refractivity contribution is 0.100. The molecule has 1 amide bonds. The van der Waals surface area contributed by atoms with E-state index in [0.717, 1.165) is 23.5 Å². The number of rotatable bonds is 4. The Morgan fingerprint density at radius 2 is 1.92 bits per heavy atom. The second-order valence-corrected chi connectivity index (χ2v) is 6.16. The Bertz CT molecular complexity index is 1060. The van der Waals surface area contributed by atoms with Gasteiger partial charge in [-0.2, -0.15) is 0 Å². The third-order valence-electron chi connectivity index (χ3n) is 4.33. The highest BCUT2D eigenvalue weighted by molar-refractivity contribution is 6.04. The van der Waals surface area contributed by atoms with Gasteiger partial charge in [-0.15, -0.1) is 0 Å². The Kier molecular flexibility index (Phi) is 3.61. The van der Waals surface area contributed by atoms with Crippen molar-refractivity contribution >= 4 is 16.9 Å². The van der Waals surface area contributed by atoms with Crippen LogP contribution >= 0.6 is 0 Å². The average Bonchev–Trinajstić information content (AvgIpc) is 3.18. The molecule has 4 rings (SSSR count). The maximum atomic E-state index is 11.6. The molecule has 0 saturated carbocycles. The van der Waals surface area contributed by atoms with Gasteiger partial charge in [-0.1, -0.05) is 36.4 Å². The van der Waals surface area contributed by atoms with Crippen molar-refractivity contribution in [3.63, 3.8) is 0 Å². The van der Waals surface area contributed by atoms with Crippen LogP contribution < -0.4 is 5.73 Å². The van der Waals surface area contributed by atoms with E-state index >= 15 is 0 Å². The maximum Gasteiger partial charge on any atom is 0.250 e. The van der Waals surface area contributed by atoms with Crippen LogP contribution in [0.25, 0.3) is 22.6 Å². The lowest BCUT2D eigenvalue weighted by Gasteiger charge is -1.97.